The Morgan fingerprint density at radius 1 is 1.56 bits per heavy atom. The molecule has 2 aliphatic heterocycles. The van der Waals surface area contributed by atoms with Crippen molar-refractivity contribution < 1.29 is 9.90 Å². The van der Waals surface area contributed by atoms with Gasteiger partial charge in [-0.05, 0) is 25.5 Å². The molecule has 2 fully saturated rings. The second-order valence-electron chi connectivity index (χ2n) is 4.89. The van der Waals surface area contributed by atoms with Gasteiger partial charge in [-0.25, -0.2) is 0 Å². The van der Waals surface area contributed by atoms with Gasteiger partial charge in [-0.2, -0.15) is 0 Å². The highest BCUT2D eigenvalue weighted by molar-refractivity contribution is 8.01. The topological polar surface area (TPSA) is 52.6 Å². The number of hydrogen-bond acceptors (Lipinski definition) is 4. The molecule has 0 aromatic carbocycles. The van der Waals surface area contributed by atoms with E-state index in [0.29, 0.717) is 13.1 Å². The number of carbonyl (C=O) groups is 1. The summed E-state index contributed by atoms with van der Waals surface area (Å²) in [5.41, 5.74) is 0. The fourth-order valence-corrected chi connectivity index (χ4v) is 3.81. The van der Waals surface area contributed by atoms with Crippen molar-refractivity contribution in [1.82, 2.24) is 10.2 Å². The minimum atomic E-state index is -0.427. The van der Waals surface area contributed by atoms with Crippen LogP contribution in [0.1, 0.15) is 19.8 Å². The first-order valence-electron chi connectivity index (χ1n) is 5.84. The summed E-state index contributed by atoms with van der Waals surface area (Å²) in [6.07, 6.45) is 1.65. The first-order chi connectivity index (χ1) is 7.54. The van der Waals surface area contributed by atoms with Crippen LogP contribution in [-0.4, -0.2) is 58.7 Å². The molecule has 4 nitrogen and oxygen atoms in total. The molecule has 1 amide bonds. The van der Waals surface area contributed by atoms with E-state index in [0.717, 1.165) is 18.6 Å². The van der Waals surface area contributed by atoms with Gasteiger partial charge in [0.25, 0.3) is 0 Å². The third kappa shape index (κ3) is 2.08. The average Bonchev–Trinajstić information content (AvgIpc) is 2.86. The van der Waals surface area contributed by atoms with Gasteiger partial charge in [0.1, 0.15) is 0 Å². The lowest BCUT2D eigenvalue weighted by Crippen LogP contribution is -2.50. The summed E-state index contributed by atoms with van der Waals surface area (Å²) in [4.78, 5) is 14.1. The largest absolute Gasteiger partial charge is 0.390 e. The van der Waals surface area contributed by atoms with Crippen LogP contribution in [0.15, 0.2) is 0 Å². The number of β-amino-alcohol motifs (C(OH)–C–C–N with tert-alkyl or cyclic N) is 1. The van der Waals surface area contributed by atoms with Crippen molar-refractivity contribution in [3.8, 4) is 0 Å². The van der Waals surface area contributed by atoms with Crippen LogP contribution < -0.4 is 5.32 Å². The van der Waals surface area contributed by atoms with E-state index < -0.39 is 6.10 Å². The molecular formula is C11H20N2O2S. The Labute approximate surface area is 101 Å². The number of aliphatic hydroxyl groups excluding tert-OH is 1. The maximum atomic E-state index is 12.4. The van der Waals surface area contributed by atoms with Crippen LogP contribution in [0.2, 0.25) is 0 Å². The van der Waals surface area contributed by atoms with E-state index in [4.69, 9.17) is 0 Å². The summed E-state index contributed by atoms with van der Waals surface area (Å²) in [7, 11) is 1.81. The zero-order valence-electron chi connectivity index (χ0n) is 9.90. The van der Waals surface area contributed by atoms with Crippen molar-refractivity contribution >= 4 is 17.7 Å². The quantitative estimate of drug-likeness (QED) is 0.721. The Kier molecular flexibility index (Phi) is 3.47. The maximum Gasteiger partial charge on any atom is 0.238 e. The molecule has 0 radical (unpaired) electrons. The normalized spacial score (nSPS) is 38.9. The van der Waals surface area contributed by atoms with Gasteiger partial charge < -0.3 is 15.3 Å². The lowest BCUT2D eigenvalue weighted by atomic mass is 10.0. The monoisotopic (exact) mass is 244 g/mol. The molecular weight excluding hydrogens is 224 g/mol. The lowest BCUT2D eigenvalue weighted by Gasteiger charge is -2.33. The van der Waals surface area contributed by atoms with Crippen LogP contribution in [0.25, 0.3) is 0 Å². The second-order valence-corrected chi connectivity index (χ2v) is 6.49. The molecule has 92 valence electrons. The van der Waals surface area contributed by atoms with Crippen molar-refractivity contribution in [2.45, 2.75) is 36.7 Å². The molecule has 0 aliphatic carbocycles. The molecule has 16 heavy (non-hydrogen) atoms. The van der Waals surface area contributed by atoms with Gasteiger partial charge in [0.15, 0.2) is 0 Å². The smallest absolute Gasteiger partial charge is 0.238 e. The fraction of sp³-hybridized carbons (Fsp3) is 0.909. The van der Waals surface area contributed by atoms with E-state index in [2.05, 4.69) is 5.32 Å². The number of hydrogen-bond donors (Lipinski definition) is 2. The third-order valence-electron chi connectivity index (χ3n) is 3.64. The van der Waals surface area contributed by atoms with Gasteiger partial charge in [0.05, 0.1) is 16.9 Å². The minimum absolute atomic E-state index is 0.0643. The third-order valence-corrected chi connectivity index (χ3v) is 5.15. The molecule has 5 heteroatoms. The standard InChI is InChI=1S/C11H20N2O2S/c1-11(4-3-5-16-11)10(15)13(2)8-6-12-7-9(8)14/h8-9,12,14H,3-7H2,1-2H3/t8-,9-,11?/m1/s1. The Morgan fingerprint density at radius 2 is 2.31 bits per heavy atom. The van der Waals surface area contributed by atoms with Gasteiger partial charge >= 0.3 is 0 Å². The molecule has 0 aromatic heterocycles. The molecule has 2 heterocycles. The number of rotatable bonds is 2. The molecule has 0 bridgehead atoms. The van der Waals surface area contributed by atoms with E-state index >= 15 is 0 Å². The van der Waals surface area contributed by atoms with E-state index in [-0.39, 0.29) is 16.7 Å². The minimum Gasteiger partial charge on any atom is -0.390 e. The maximum absolute atomic E-state index is 12.4. The number of amides is 1. The molecule has 2 aliphatic rings. The zero-order chi connectivity index (χ0) is 11.8. The van der Waals surface area contributed by atoms with Crippen LogP contribution >= 0.6 is 11.8 Å². The first kappa shape index (κ1) is 12.2. The van der Waals surface area contributed by atoms with Crippen molar-refractivity contribution in [3.63, 3.8) is 0 Å². The predicted molar refractivity (Wildman–Crippen MR) is 65.5 cm³/mol. The molecule has 2 rings (SSSR count). The van der Waals surface area contributed by atoms with Crippen molar-refractivity contribution in [3.05, 3.63) is 0 Å². The number of carbonyl (C=O) groups excluding carboxylic acids is 1. The number of thioether (sulfide) groups is 1. The Hall–Kier alpha value is -0.260. The molecule has 3 atom stereocenters. The molecule has 0 aromatic rings. The predicted octanol–water partition coefficient (Wildman–Crippen LogP) is 0.0632. The van der Waals surface area contributed by atoms with Gasteiger partial charge in [-0.3, -0.25) is 4.79 Å². The molecule has 1 unspecified atom stereocenters. The highest BCUT2D eigenvalue weighted by Crippen LogP contribution is 2.39. The summed E-state index contributed by atoms with van der Waals surface area (Å²) in [6.45, 7) is 3.31. The Balaban J connectivity index is 2.03. The van der Waals surface area contributed by atoms with E-state index in [1.165, 1.54) is 0 Å². The van der Waals surface area contributed by atoms with Crippen LogP contribution in [0.4, 0.5) is 0 Å². The zero-order valence-corrected chi connectivity index (χ0v) is 10.7. The number of aliphatic hydroxyl groups is 1. The van der Waals surface area contributed by atoms with Crippen molar-refractivity contribution in [2.24, 2.45) is 0 Å². The van der Waals surface area contributed by atoms with E-state index in [9.17, 15) is 9.90 Å². The Bertz CT molecular complexity index is 279. The van der Waals surface area contributed by atoms with Crippen LogP contribution in [-0.2, 0) is 4.79 Å². The first-order valence-corrected chi connectivity index (χ1v) is 6.83. The summed E-state index contributed by atoms with van der Waals surface area (Å²) < 4.78 is -0.267. The fourth-order valence-electron chi connectivity index (χ4n) is 2.52. The lowest BCUT2D eigenvalue weighted by molar-refractivity contribution is -0.135. The summed E-state index contributed by atoms with van der Waals surface area (Å²) in [5, 5.41) is 12.9. The summed E-state index contributed by atoms with van der Waals surface area (Å²) >= 11 is 1.75. The molecule has 2 saturated heterocycles. The van der Waals surface area contributed by atoms with Crippen molar-refractivity contribution in [2.75, 3.05) is 25.9 Å². The van der Waals surface area contributed by atoms with Gasteiger partial charge in [-0.15, -0.1) is 11.8 Å². The summed E-state index contributed by atoms with van der Waals surface area (Å²) in [6, 6.07) is -0.0643. The Morgan fingerprint density at radius 3 is 2.81 bits per heavy atom. The highest BCUT2D eigenvalue weighted by Gasteiger charge is 2.42. The second kappa shape index (κ2) is 4.55. The van der Waals surface area contributed by atoms with Crippen molar-refractivity contribution in [1.29, 1.82) is 0 Å². The SMILES string of the molecule is CN(C(=O)C1(C)CCCS1)[C@@H]1CNC[C@H]1O. The van der Waals surface area contributed by atoms with Crippen LogP contribution in [0, 0.1) is 0 Å². The van der Waals surface area contributed by atoms with Crippen LogP contribution in [0.3, 0.4) is 0 Å². The highest BCUT2D eigenvalue weighted by atomic mass is 32.2. The number of nitrogens with zero attached hydrogens (tertiary/aromatic N) is 1. The summed E-state index contributed by atoms with van der Waals surface area (Å²) in [5.74, 6) is 1.24. The van der Waals surface area contributed by atoms with Gasteiger partial charge in [0.2, 0.25) is 5.91 Å². The molecule has 2 N–H and O–H groups in total. The van der Waals surface area contributed by atoms with Gasteiger partial charge in [0, 0.05) is 20.1 Å². The number of nitrogens with one attached hydrogen (secondary N) is 1. The van der Waals surface area contributed by atoms with E-state index in [1.54, 1.807) is 16.7 Å². The van der Waals surface area contributed by atoms with E-state index in [1.807, 2.05) is 14.0 Å². The van der Waals surface area contributed by atoms with Gasteiger partial charge in [-0.1, -0.05) is 0 Å². The average molecular weight is 244 g/mol. The van der Waals surface area contributed by atoms with Crippen LogP contribution in [0.5, 0.6) is 0 Å². The molecule has 0 spiro atoms. The number of likely N-dealkylation sites (N-methyl/N-ethyl adjacent to an activating group) is 1. The molecule has 0 saturated carbocycles.